The zero-order valence-corrected chi connectivity index (χ0v) is 9.20. The molecule has 1 saturated carbocycles. The van der Waals surface area contributed by atoms with Crippen LogP contribution < -0.4 is 11.5 Å². The van der Waals surface area contributed by atoms with Gasteiger partial charge in [0.15, 0.2) is 0 Å². The smallest absolute Gasteiger partial charge is 0.0759 e. The third-order valence-corrected chi connectivity index (χ3v) is 3.63. The third kappa shape index (κ3) is 1.81. The first-order valence-electron chi connectivity index (χ1n) is 5.73. The van der Waals surface area contributed by atoms with Gasteiger partial charge in [0.25, 0.3) is 0 Å². The van der Waals surface area contributed by atoms with E-state index in [2.05, 4.69) is 13.8 Å². The zero-order valence-electron chi connectivity index (χ0n) is 9.20. The summed E-state index contributed by atoms with van der Waals surface area (Å²) in [5.41, 5.74) is 12.2. The van der Waals surface area contributed by atoms with Crippen molar-refractivity contribution in [2.24, 2.45) is 17.4 Å². The minimum absolute atomic E-state index is 0.00667. The van der Waals surface area contributed by atoms with E-state index in [1.807, 2.05) is 0 Å². The Labute approximate surface area is 86.2 Å². The highest BCUT2D eigenvalue weighted by atomic mass is 16.5. The fraction of sp³-hybridized carbons (Fsp3) is 1.00. The van der Waals surface area contributed by atoms with Crippen LogP contribution in [0.5, 0.6) is 0 Å². The van der Waals surface area contributed by atoms with Crippen molar-refractivity contribution in [1.82, 2.24) is 0 Å². The molecular weight excluding hydrogens is 176 g/mol. The predicted octanol–water partition coefficient (Wildman–Crippen LogP) is 1.01. The average molecular weight is 198 g/mol. The third-order valence-electron chi connectivity index (χ3n) is 3.63. The molecule has 82 valence electrons. The van der Waals surface area contributed by atoms with Crippen molar-refractivity contribution in [3.8, 4) is 0 Å². The number of hydrogen-bond acceptors (Lipinski definition) is 3. The molecule has 4 N–H and O–H groups in total. The second-order valence-corrected chi connectivity index (χ2v) is 5.31. The Kier molecular flexibility index (Phi) is 2.58. The molecule has 0 aromatic rings. The van der Waals surface area contributed by atoms with Crippen LogP contribution in [0.4, 0.5) is 0 Å². The molecule has 3 nitrogen and oxygen atoms in total. The number of rotatable bonds is 2. The SMILES string of the molecule is CC(C)[C@H]1O[C@H](C2(N)CC2)CC[C@H]1N. The van der Waals surface area contributed by atoms with Gasteiger partial charge in [-0.1, -0.05) is 13.8 Å². The highest BCUT2D eigenvalue weighted by molar-refractivity contribution is 5.07. The summed E-state index contributed by atoms with van der Waals surface area (Å²) < 4.78 is 6.04. The Bertz CT molecular complexity index is 213. The van der Waals surface area contributed by atoms with E-state index in [0.717, 1.165) is 25.7 Å². The predicted molar refractivity (Wildman–Crippen MR) is 56.9 cm³/mol. The molecule has 2 aliphatic rings. The van der Waals surface area contributed by atoms with Crippen LogP contribution in [0, 0.1) is 5.92 Å². The van der Waals surface area contributed by atoms with Crippen molar-refractivity contribution in [2.75, 3.05) is 0 Å². The molecule has 0 radical (unpaired) electrons. The van der Waals surface area contributed by atoms with Crippen LogP contribution >= 0.6 is 0 Å². The Morgan fingerprint density at radius 2 is 1.93 bits per heavy atom. The summed E-state index contributed by atoms with van der Waals surface area (Å²) in [6, 6.07) is 0.202. The van der Waals surface area contributed by atoms with E-state index < -0.39 is 0 Å². The second-order valence-electron chi connectivity index (χ2n) is 5.31. The quantitative estimate of drug-likeness (QED) is 0.696. The first kappa shape index (κ1) is 10.4. The van der Waals surface area contributed by atoms with E-state index in [1.165, 1.54) is 0 Å². The molecule has 3 heteroatoms. The Hall–Kier alpha value is -0.120. The molecule has 1 aliphatic carbocycles. The molecule has 1 heterocycles. The van der Waals surface area contributed by atoms with E-state index in [9.17, 15) is 0 Å². The molecule has 0 unspecified atom stereocenters. The Balaban J connectivity index is 1.98. The summed E-state index contributed by atoms with van der Waals surface area (Å²) in [5, 5.41) is 0. The molecule has 2 fully saturated rings. The van der Waals surface area contributed by atoms with Crippen LogP contribution in [0.25, 0.3) is 0 Å². The van der Waals surface area contributed by atoms with Crippen LogP contribution in [-0.2, 0) is 4.74 Å². The minimum Gasteiger partial charge on any atom is -0.371 e. The average Bonchev–Trinajstić information content (AvgIpc) is 2.85. The number of nitrogens with two attached hydrogens (primary N) is 2. The lowest BCUT2D eigenvalue weighted by Crippen LogP contribution is -2.52. The lowest BCUT2D eigenvalue weighted by atomic mass is 9.89. The molecule has 0 spiro atoms. The van der Waals surface area contributed by atoms with Gasteiger partial charge < -0.3 is 16.2 Å². The first-order chi connectivity index (χ1) is 6.53. The molecule has 0 aromatic heterocycles. The van der Waals surface area contributed by atoms with Crippen molar-refractivity contribution >= 4 is 0 Å². The van der Waals surface area contributed by atoms with Crippen LogP contribution in [0.1, 0.15) is 39.5 Å². The van der Waals surface area contributed by atoms with Gasteiger partial charge in [0, 0.05) is 11.6 Å². The van der Waals surface area contributed by atoms with Crippen molar-refractivity contribution in [3.63, 3.8) is 0 Å². The van der Waals surface area contributed by atoms with Crippen LogP contribution in [0.3, 0.4) is 0 Å². The molecule has 2 rings (SSSR count). The highest BCUT2D eigenvalue weighted by Crippen LogP contribution is 2.42. The molecule has 1 aliphatic heterocycles. The van der Waals surface area contributed by atoms with E-state index >= 15 is 0 Å². The topological polar surface area (TPSA) is 61.3 Å². The lowest BCUT2D eigenvalue weighted by Gasteiger charge is -2.39. The summed E-state index contributed by atoms with van der Waals surface area (Å²) in [6.45, 7) is 4.34. The molecular formula is C11H22N2O. The molecule has 1 saturated heterocycles. The van der Waals surface area contributed by atoms with Gasteiger partial charge in [-0.2, -0.15) is 0 Å². The number of ether oxygens (including phenoxy) is 1. The molecule has 0 amide bonds. The van der Waals surface area contributed by atoms with Crippen LogP contribution in [0.2, 0.25) is 0 Å². The summed E-state index contributed by atoms with van der Waals surface area (Å²) in [4.78, 5) is 0. The van der Waals surface area contributed by atoms with Crippen molar-refractivity contribution in [2.45, 2.75) is 63.3 Å². The van der Waals surface area contributed by atoms with E-state index in [0.29, 0.717) is 5.92 Å². The van der Waals surface area contributed by atoms with E-state index in [4.69, 9.17) is 16.2 Å². The van der Waals surface area contributed by atoms with Crippen LogP contribution in [-0.4, -0.2) is 23.8 Å². The van der Waals surface area contributed by atoms with Crippen molar-refractivity contribution in [3.05, 3.63) is 0 Å². The zero-order chi connectivity index (χ0) is 10.3. The van der Waals surface area contributed by atoms with Gasteiger partial charge in [-0.3, -0.25) is 0 Å². The Morgan fingerprint density at radius 1 is 1.29 bits per heavy atom. The largest absolute Gasteiger partial charge is 0.371 e. The Morgan fingerprint density at radius 3 is 2.43 bits per heavy atom. The molecule has 3 atom stereocenters. The van der Waals surface area contributed by atoms with Gasteiger partial charge in [0.05, 0.1) is 12.2 Å². The fourth-order valence-electron chi connectivity index (χ4n) is 2.41. The van der Waals surface area contributed by atoms with Gasteiger partial charge in [-0.05, 0) is 31.6 Å². The lowest BCUT2D eigenvalue weighted by molar-refractivity contribution is -0.0952. The van der Waals surface area contributed by atoms with Crippen LogP contribution in [0.15, 0.2) is 0 Å². The normalized spacial score (nSPS) is 41.4. The second kappa shape index (κ2) is 3.47. The van der Waals surface area contributed by atoms with Gasteiger partial charge in [0.1, 0.15) is 0 Å². The fourth-order valence-corrected chi connectivity index (χ4v) is 2.41. The van der Waals surface area contributed by atoms with Gasteiger partial charge in [-0.25, -0.2) is 0 Å². The van der Waals surface area contributed by atoms with Crippen molar-refractivity contribution < 1.29 is 4.74 Å². The highest BCUT2D eigenvalue weighted by Gasteiger charge is 2.49. The monoisotopic (exact) mass is 198 g/mol. The summed E-state index contributed by atoms with van der Waals surface area (Å²) in [6.07, 6.45) is 4.81. The maximum atomic E-state index is 6.16. The van der Waals surface area contributed by atoms with Crippen molar-refractivity contribution in [1.29, 1.82) is 0 Å². The molecule has 0 bridgehead atoms. The maximum absolute atomic E-state index is 6.16. The van der Waals surface area contributed by atoms with E-state index in [1.54, 1.807) is 0 Å². The molecule has 14 heavy (non-hydrogen) atoms. The first-order valence-corrected chi connectivity index (χ1v) is 5.73. The summed E-state index contributed by atoms with van der Waals surface area (Å²) >= 11 is 0. The summed E-state index contributed by atoms with van der Waals surface area (Å²) in [7, 11) is 0. The van der Waals surface area contributed by atoms with E-state index in [-0.39, 0.29) is 23.8 Å². The summed E-state index contributed by atoms with van der Waals surface area (Å²) in [5.74, 6) is 0.496. The maximum Gasteiger partial charge on any atom is 0.0759 e. The minimum atomic E-state index is -0.00667. The number of hydrogen-bond donors (Lipinski definition) is 2. The molecule has 0 aromatic carbocycles. The standard InChI is InChI=1S/C11H22N2O/c1-7(2)10-8(12)3-4-9(14-10)11(13)5-6-11/h7-10H,3-6,12-13H2,1-2H3/t8-,9+,10-/m1/s1. The van der Waals surface area contributed by atoms with Gasteiger partial charge in [0.2, 0.25) is 0 Å². The van der Waals surface area contributed by atoms with Gasteiger partial charge in [-0.15, -0.1) is 0 Å². The van der Waals surface area contributed by atoms with Gasteiger partial charge >= 0.3 is 0 Å².